The number of aliphatic imine (C=N–C) groups is 1. The number of nitrogens with one attached hydrogen (secondary N) is 2. The Balaban J connectivity index is 0.00000364. The summed E-state index contributed by atoms with van der Waals surface area (Å²) in [6.45, 7) is -0.111. The maximum absolute atomic E-state index is 12.5. The van der Waals surface area contributed by atoms with Gasteiger partial charge in [-0.2, -0.15) is 8.78 Å². The van der Waals surface area contributed by atoms with Gasteiger partial charge in [0, 0.05) is 25.7 Å². The van der Waals surface area contributed by atoms with E-state index in [-0.39, 0.29) is 29.7 Å². The SMILES string of the molecule is CN=C(NCc1cccc(OC)c1)NCc1cc(C)ccc1OC(F)F.I. The Labute approximate surface area is 175 Å². The molecule has 2 N–H and O–H groups in total. The van der Waals surface area contributed by atoms with Crippen LogP contribution in [0.4, 0.5) is 8.78 Å². The molecule has 27 heavy (non-hydrogen) atoms. The third-order valence-corrected chi connectivity index (χ3v) is 3.70. The summed E-state index contributed by atoms with van der Waals surface area (Å²) in [7, 11) is 3.27. The lowest BCUT2D eigenvalue weighted by Crippen LogP contribution is -2.36. The average Bonchev–Trinajstić information content (AvgIpc) is 2.63. The number of methoxy groups -OCH3 is 1. The Morgan fingerprint density at radius 3 is 2.52 bits per heavy atom. The molecule has 2 rings (SSSR count). The van der Waals surface area contributed by atoms with Crippen LogP contribution in [0.15, 0.2) is 47.5 Å². The summed E-state index contributed by atoms with van der Waals surface area (Å²) in [5, 5.41) is 6.28. The molecule has 0 saturated heterocycles. The Kier molecular flexibility index (Phi) is 9.84. The van der Waals surface area contributed by atoms with Crippen LogP contribution < -0.4 is 20.1 Å². The molecule has 0 aliphatic heterocycles. The lowest BCUT2D eigenvalue weighted by molar-refractivity contribution is -0.0504. The van der Waals surface area contributed by atoms with Crippen LogP contribution in [0.1, 0.15) is 16.7 Å². The molecule has 0 fully saturated rings. The van der Waals surface area contributed by atoms with E-state index in [2.05, 4.69) is 20.4 Å². The summed E-state index contributed by atoms with van der Waals surface area (Å²) in [6.07, 6.45) is 0. The van der Waals surface area contributed by atoms with E-state index in [4.69, 9.17) is 4.74 Å². The molecule has 0 saturated carbocycles. The highest BCUT2D eigenvalue weighted by Crippen LogP contribution is 2.22. The molecule has 0 heterocycles. The van der Waals surface area contributed by atoms with Gasteiger partial charge < -0.3 is 20.1 Å². The number of hydrogen-bond donors (Lipinski definition) is 2. The van der Waals surface area contributed by atoms with Gasteiger partial charge >= 0.3 is 6.61 Å². The highest BCUT2D eigenvalue weighted by Gasteiger charge is 2.10. The first kappa shape index (κ1) is 22.9. The maximum Gasteiger partial charge on any atom is 0.387 e. The molecule has 0 amide bonds. The quantitative estimate of drug-likeness (QED) is 0.348. The second-order valence-corrected chi connectivity index (χ2v) is 5.62. The van der Waals surface area contributed by atoms with Crippen molar-refractivity contribution in [2.45, 2.75) is 26.6 Å². The molecule has 0 unspecified atom stereocenters. The van der Waals surface area contributed by atoms with Gasteiger partial charge in [0.25, 0.3) is 0 Å². The molecule has 0 radical (unpaired) electrons. The van der Waals surface area contributed by atoms with Crippen LogP contribution in [0.3, 0.4) is 0 Å². The van der Waals surface area contributed by atoms with Gasteiger partial charge in [0.1, 0.15) is 11.5 Å². The number of guanidine groups is 1. The number of benzene rings is 2. The number of aryl methyl sites for hydroxylation is 1. The van der Waals surface area contributed by atoms with Gasteiger partial charge in [0.15, 0.2) is 5.96 Å². The van der Waals surface area contributed by atoms with Crippen LogP contribution in [0.5, 0.6) is 11.5 Å². The maximum atomic E-state index is 12.5. The predicted octanol–water partition coefficient (Wildman–Crippen LogP) is 4.09. The third kappa shape index (κ3) is 7.58. The predicted molar refractivity (Wildman–Crippen MR) is 113 cm³/mol. The summed E-state index contributed by atoms with van der Waals surface area (Å²) in [4.78, 5) is 4.15. The number of halogens is 3. The van der Waals surface area contributed by atoms with Crippen molar-refractivity contribution < 1.29 is 18.3 Å². The van der Waals surface area contributed by atoms with E-state index in [1.165, 1.54) is 0 Å². The molecular formula is C19H24F2IN3O2. The van der Waals surface area contributed by atoms with Crippen LogP contribution >= 0.6 is 24.0 Å². The second kappa shape index (κ2) is 11.6. The highest BCUT2D eigenvalue weighted by molar-refractivity contribution is 14.0. The van der Waals surface area contributed by atoms with Crippen molar-refractivity contribution in [1.82, 2.24) is 10.6 Å². The topological polar surface area (TPSA) is 54.9 Å². The molecule has 2 aromatic carbocycles. The van der Waals surface area contributed by atoms with Crippen molar-refractivity contribution in [3.63, 3.8) is 0 Å². The van der Waals surface area contributed by atoms with Gasteiger partial charge in [0.2, 0.25) is 0 Å². The molecular weight excluding hydrogens is 467 g/mol. The van der Waals surface area contributed by atoms with Crippen molar-refractivity contribution in [3.05, 3.63) is 59.2 Å². The number of hydrogen-bond acceptors (Lipinski definition) is 3. The minimum Gasteiger partial charge on any atom is -0.497 e. The van der Waals surface area contributed by atoms with Crippen LogP contribution in [0.25, 0.3) is 0 Å². The van der Waals surface area contributed by atoms with Crippen molar-refractivity contribution >= 4 is 29.9 Å². The Morgan fingerprint density at radius 2 is 1.85 bits per heavy atom. The fourth-order valence-electron chi connectivity index (χ4n) is 2.43. The highest BCUT2D eigenvalue weighted by atomic mass is 127. The van der Waals surface area contributed by atoms with Crippen LogP contribution in [-0.2, 0) is 13.1 Å². The summed E-state index contributed by atoms with van der Waals surface area (Å²) in [6, 6.07) is 12.8. The molecule has 0 spiro atoms. The van der Waals surface area contributed by atoms with Crippen molar-refractivity contribution in [3.8, 4) is 11.5 Å². The molecule has 148 valence electrons. The van der Waals surface area contributed by atoms with Crippen LogP contribution in [0, 0.1) is 6.92 Å². The normalized spacial score (nSPS) is 11.0. The number of nitrogens with zero attached hydrogens (tertiary/aromatic N) is 1. The fourth-order valence-corrected chi connectivity index (χ4v) is 2.43. The minimum absolute atomic E-state index is 0. The van der Waals surface area contributed by atoms with Gasteiger partial charge in [0.05, 0.1) is 7.11 Å². The number of alkyl halides is 2. The number of rotatable bonds is 7. The molecule has 0 atom stereocenters. The van der Waals surface area contributed by atoms with E-state index in [1.807, 2.05) is 31.2 Å². The van der Waals surface area contributed by atoms with Gasteiger partial charge in [-0.05, 0) is 30.7 Å². The Hall–Kier alpha value is -2.10. The first-order valence-electron chi connectivity index (χ1n) is 8.13. The van der Waals surface area contributed by atoms with Gasteiger partial charge in [-0.3, -0.25) is 4.99 Å². The molecule has 0 bridgehead atoms. The molecule has 0 aliphatic rings. The zero-order chi connectivity index (χ0) is 18.9. The first-order valence-corrected chi connectivity index (χ1v) is 8.13. The van der Waals surface area contributed by atoms with Gasteiger partial charge in [-0.1, -0.05) is 29.8 Å². The van der Waals surface area contributed by atoms with Crippen molar-refractivity contribution in [2.75, 3.05) is 14.2 Å². The molecule has 0 aromatic heterocycles. The average molecular weight is 491 g/mol. The standard InChI is InChI=1S/C19H23F2N3O2.HI/c1-13-7-8-17(26-18(20)21)15(9-13)12-24-19(22-2)23-11-14-5-4-6-16(10-14)25-3;/h4-10,18H,11-12H2,1-3H3,(H2,22,23,24);1H. The fraction of sp³-hybridized carbons (Fsp3) is 0.316. The number of ether oxygens (including phenoxy) is 2. The van der Waals surface area contributed by atoms with E-state index in [0.717, 1.165) is 16.9 Å². The summed E-state index contributed by atoms with van der Waals surface area (Å²) >= 11 is 0. The van der Waals surface area contributed by atoms with Gasteiger partial charge in [-0.15, -0.1) is 24.0 Å². The van der Waals surface area contributed by atoms with Crippen molar-refractivity contribution in [1.29, 1.82) is 0 Å². The monoisotopic (exact) mass is 491 g/mol. The van der Waals surface area contributed by atoms with Crippen LogP contribution in [-0.4, -0.2) is 26.7 Å². The Morgan fingerprint density at radius 1 is 1.11 bits per heavy atom. The third-order valence-electron chi connectivity index (χ3n) is 3.70. The van der Waals surface area contributed by atoms with E-state index in [9.17, 15) is 8.78 Å². The summed E-state index contributed by atoms with van der Waals surface area (Å²) < 4.78 is 34.9. The molecule has 8 heteroatoms. The summed E-state index contributed by atoms with van der Waals surface area (Å²) in [5.41, 5.74) is 2.63. The smallest absolute Gasteiger partial charge is 0.387 e. The second-order valence-electron chi connectivity index (χ2n) is 5.62. The Bertz CT molecular complexity index is 757. The largest absolute Gasteiger partial charge is 0.497 e. The first-order chi connectivity index (χ1) is 12.5. The zero-order valence-corrected chi connectivity index (χ0v) is 17.8. The van der Waals surface area contributed by atoms with Gasteiger partial charge in [-0.25, -0.2) is 0 Å². The summed E-state index contributed by atoms with van der Waals surface area (Å²) in [5.74, 6) is 1.49. The minimum atomic E-state index is -2.86. The molecule has 5 nitrogen and oxygen atoms in total. The van der Waals surface area contributed by atoms with E-state index >= 15 is 0 Å². The zero-order valence-electron chi connectivity index (χ0n) is 15.5. The molecule has 0 aliphatic carbocycles. The van der Waals surface area contributed by atoms with E-state index < -0.39 is 6.61 Å². The lowest BCUT2D eigenvalue weighted by atomic mass is 10.1. The van der Waals surface area contributed by atoms with E-state index in [1.54, 1.807) is 32.4 Å². The van der Waals surface area contributed by atoms with Crippen LogP contribution in [0.2, 0.25) is 0 Å². The van der Waals surface area contributed by atoms with E-state index in [0.29, 0.717) is 24.6 Å². The lowest BCUT2D eigenvalue weighted by Gasteiger charge is -2.15. The molecule has 2 aromatic rings. The van der Waals surface area contributed by atoms with Crippen molar-refractivity contribution in [2.24, 2.45) is 4.99 Å².